The molecule has 1 aliphatic carbocycles. The molecule has 0 saturated heterocycles. The molecule has 0 aromatic rings. The Morgan fingerprint density at radius 1 is 1.88 bits per heavy atom. The minimum atomic E-state index is 0. The van der Waals surface area contributed by atoms with Crippen LogP contribution in [0.2, 0.25) is 0 Å². The zero-order valence-corrected chi connectivity index (χ0v) is 7.26. The van der Waals surface area contributed by atoms with Gasteiger partial charge in [0.15, 0.2) is 0 Å². The normalized spacial score (nSPS) is 32.6. The van der Waals surface area contributed by atoms with E-state index in [4.69, 9.17) is 0 Å². The van der Waals surface area contributed by atoms with E-state index in [2.05, 4.69) is 11.7 Å². The van der Waals surface area contributed by atoms with Gasteiger partial charge in [-0.25, -0.2) is 0 Å². The fraction of sp³-hybridized carbons (Fsp3) is 0.800. The summed E-state index contributed by atoms with van der Waals surface area (Å²) in [7, 11) is 0. The monoisotopic (exact) mass is 124 g/mol. The second kappa shape index (κ2) is 3.49. The van der Waals surface area contributed by atoms with Crippen LogP contribution < -0.4 is 29.6 Å². The number of hydrogen-bond acceptors (Lipinski definition) is 2. The average Bonchev–Trinajstić information content (AvgIpc) is 2.22. The molecular formula is C5H9NaO2. The summed E-state index contributed by atoms with van der Waals surface area (Å²) in [5.41, 5.74) is 0. The minimum Gasteiger partial charge on any atom is -1.00 e. The number of carbonyl (C=O) groups excluding carboxylic acids is 1. The van der Waals surface area contributed by atoms with Gasteiger partial charge in [0.2, 0.25) is 0 Å². The molecule has 0 amide bonds. The van der Waals surface area contributed by atoms with Gasteiger partial charge in [-0.15, -0.1) is 0 Å². The quantitative estimate of drug-likeness (QED) is 0.305. The average molecular weight is 124 g/mol. The topological polar surface area (TPSA) is 26.3 Å². The summed E-state index contributed by atoms with van der Waals surface area (Å²) in [4.78, 5) is 9.58. The van der Waals surface area contributed by atoms with Gasteiger partial charge in [0.1, 0.15) is 6.10 Å². The van der Waals surface area contributed by atoms with Crippen molar-refractivity contribution in [2.75, 3.05) is 0 Å². The summed E-state index contributed by atoms with van der Waals surface area (Å²) in [6, 6.07) is 0. The summed E-state index contributed by atoms with van der Waals surface area (Å²) in [6.45, 7) is 2.59. The maximum atomic E-state index is 9.58. The molecule has 1 rings (SSSR count). The van der Waals surface area contributed by atoms with Crippen molar-refractivity contribution in [1.82, 2.24) is 0 Å². The van der Waals surface area contributed by atoms with Crippen molar-refractivity contribution in [2.45, 2.75) is 19.4 Å². The molecule has 1 fully saturated rings. The molecule has 42 valence electrons. The van der Waals surface area contributed by atoms with Gasteiger partial charge in [-0.1, -0.05) is 6.92 Å². The fourth-order valence-electron chi connectivity index (χ4n) is 0.549. The van der Waals surface area contributed by atoms with Crippen LogP contribution in [0, 0.1) is 5.92 Å². The van der Waals surface area contributed by atoms with Crippen molar-refractivity contribution in [2.24, 2.45) is 5.92 Å². The van der Waals surface area contributed by atoms with E-state index >= 15 is 0 Å². The molecule has 1 saturated carbocycles. The molecule has 0 aliphatic heterocycles. The molecule has 0 aromatic carbocycles. The van der Waals surface area contributed by atoms with Gasteiger partial charge in [0.25, 0.3) is 6.47 Å². The summed E-state index contributed by atoms with van der Waals surface area (Å²) >= 11 is 0. The van der Waals surface area contributed by atoms with Crippen molar-refractivity contribution >= 4 is 6.47 Å². The van der Waals surface area contributed by atoms with Crippen LogP contribution in [-0.4, -0.2) is 12.6 Å². The van der Waals surface area contributed by atoms with E-state index in [1.165, 1.54) is 0 Å². The minimum absolute atomic E-state index is 0. The first kappa shape index (κ1) is 8.47. The van der Waals surface area contributed by atoms with E-state index in [-0.39, 0.29) is 37.1 Å². The van der Waals surface area contributed by atoms with Gasteiger partial charge in [0, 0.05) is 0 Å². The van der Waals surface area contributed by atoms with Gasteiger partial charge in [0.05, 0.1) is 0 Å². The van der Waals surface area contributed by atoms with Crippen molar-refractivity contribution in [3.8, 4) is 0 Å². The molecule has 0 heterocycles. The van der Waals surface area contributed by atoms with E-state index in [0.29, 0.717) is 12.4 Å². The van der Waals surface area contributed by atoms with Gasteiger partial charge < -0.3 is 6.16 Å². The van der Waals surface area contributed by atoms with Crippen LogP contribution >= 0.6 is 0 Å². The summed E-state index contributed by atoms with van der Waals surface area (Å²) < 4.78 is 4.58. The largest absolute Gasteiger partial charge is 1.00 e. The Hall–Kier alpha value is 0.470. The third kappa shape index (κ3) is 2.16. The molecule has 2 nitrogen and oxygen atoms in total. The van der Waals surface area contributed by atoms with Gasteiger partial charge >= 0.3 is 29.6 Å². The van der Waals surface area contributed by atoms with Crippen LogP contribution in [0.3, 0.4) is 0 Å². The van der Waals surface area contributed by atoms with E-state index in [9.17, 15) is 4.79 Å². The number of carbonyl (C=O) groups is 1. The Kier molecular flexibility index (Phi) is 3.69. The van der Waals surface area contributed by atoms with Gasteiger partial charge in [-0.05, 0) is 12.3 Å². The van der Waals surface area contributed by atoms with Crippen molar-refractivity contribution in [3.63, 3.8) is 0 Å². The van der Waals surface area contributed by atoms with Crippen molar-refractivity contribution in [1.29, 1.82) is 0 Å². The molecule has 0 N–H and O–H groups in total. The maximum absolute atomic E-state index is 9.58. The van der Waals surface area contributed by atoms with E-state index in [1.807, 2.05) is 0 Å². The summed E-state index contributed by atoms with van der Waals surface area (Å²) in [5, 5.41) is 0. The zero-order valence-electron chi connectivity index (χ0n) is 6.26. The first-order valence-corrected chi connectivity index (χ1v) is 2.43. The van der Waals surface area contributed by atoms with Crippen LogP contribution in [-0.2, 0) is 9.53 Å². The Labute approximate surface area is 72.4 Å². The molecule has 1 aliphatic rings. The second-order valence-corrected chi connectivity index (χ2v) is 1.98. The summed E-state index contributed by atoms with van der Waals surface area (Å²) in [5.74, 6) is 0.616. The van der Waals surface area contributed by atoms with E-state index < -0.39 is 0 Å². The number of rotatable bonds is 2. The van der Waals surface area contributed by atoms with Crippen LogP contribution in [0.15, 0.2) is 0 Å². The predicted octanol–water partition coefficient (Wildman–Crippen LogP) is -2.32. The molecule has 3 heteroatoms. The third-order valence-electron chi connectivity index (χ3n) is 1.27. The van der Waals surface area contributed by atoms with Crippen LogP contribution in [0.1, 0.15) is 14.8 Å². The van der Waals surface area contributed by atoms with Crippen molar-refractivity contribution in [3.05, 3.63) is 0 Å². The van der Waals surface area contributed by atoms with Crippen LogP contribution in [0.25, 0.3) is 0 Å². The molecule has 8 heavy (non-hydrogen) atoms. The van der Waals surface area contributed by atoms with Crippen molar-refractivity contribution < 1.29 is 40.5 Å². The molecule has 2 atom stereocenters. The fourth-order valence-corrected chi connectivity index (χ4v) is 0.549. The summed E-state index contributed by atoms with van der Waals surface area (Å²) in [6.07, 6.45) is 1.30. The van der Waals surface area contributed by atoms with Crippen LogP contribution in [0.5, 0.6) is 0 Å². The van der Waals surface area contributed by atoms with Crippen LogP contribution in [0.4, 0.5) is 0 Å². The van der Waals surface area contributed by atoms with Gasteiger partial charge in [-0.3, -0.25) is 4.79 Å². The van der Waals surface area contributed by atoms with E-state index in [0.717, 1.165) is 6.42 Å². The smallest absolute Gasteiger partial charge is 1.00 e. The Morgan fingerprint density at radius 2 is 2.38 bits per heavy atom. The van der Waals surface area contributed by atoms with Gasteiger partial charge in [-0.2, -0.15) is 0 Å². The maximum Gasteiger partial charge on any atom is 1.00 e. The zero-order chi connectivity index (χ0) is 5.28. The third-order valence-corrected chi connectivity index (χ3v) is 1.27. The molecule has 0 aromatic heterocycles. The molecule has 0 radical (unpaired) electrons. The number of ether oxygens (including phenoxy) is 1. The predicted molar refractivity (Wildman–Crippen MR) is 25.8 cm³/mol. The first-order chi connectivity index (χ1) is 3.34. The molecule has 2 unspecified atom stereocenters. The molecular weight excluding hydrogens is 115 g/mol. The first-order valence-electron chi connectivity index (χ1n) is 2.43. The Morgan fingerprint density at radius 3 is 2.50 bits per heavy atom. The standard InChI is InChI=1S/C5H8O2.Na.H/c1-4-2-5(4)7-3-6;;/h3-5H,2H2,1H3;;/q;+1;-1. The Balaban J connectivity index is 0. The molecule has 0 bridgehead atoms. The van der Waals surface area contributed by atoms with E-state index in [1.54, 1.807) is 0 Å². The SMILES string of the molecule is CC1CC1OC=O.[H-].[Na+]. The molecule has 0 spiro atoms. The number of hydrogen-bond donors (Lipinski definition) is 0. The Bertz CT molecular complexity index is 89.0. The second-order valence-electron chi connectivity index (χ2n) is 1.98.